The summed E-state index contributed by atoms with van der Waals surface area (Å²) in [5, 5.41) is 11.0. The molecule has 3 aromatic carbocycles. The average Bonchev–Trinajstić information content (AvgIpc) is 3.44. The van der Waals surface area contributed by atoms with E-state index in [0.29, 0.717) is 33.2 Å². The lowest BCUT2D eigenvalue weighted by Gasteiger charge is -2.14. The number of nitrogens with zero attached hydrogens (tertiary/aromatic N) is 2. The number of hydrogen-bond donors (Lipinski definition) is 0. The minimum absolute atomic E-state index is 0.0408. The Balaban J connectivity index is 1.30. The van der Waals surface area contributed by atoms with E-state index >= 15 is 0 Å². The predicted molar refractivity (Wildman–Crippen MR) is 141 cm³/mol. The highest BCUT2D eigenvalue weighted by molar-refractivity contribution is 8.18. The number of nitro groups is 1. The first-order valence-electron chi connectivity index (χ1n) is 11.1. The number of carbonyl (C=O) groups excluding carboxylic acids is 2. The number of fused-ring (bicyclic) bond motifs is 1. The minimum Gasteiger partial charge on any atom is -0.454 e. The summed E-state index contributed by atoms with van der Waals surface area (Å²) < 4.78 is 41.0. The first-order valence-corrected chi connectivity index (χ1v) is 13.7. The highest BCUT2D eigenvalue weighted by Gasteiger charge is 2.35. The lowest BCUT2D eigenvalue weighted by Crippen LogP contribution is -2.27. The maximum atomic E-state index is 12.9. The third-order valence-corrected chi connectivity index (χ3v) is 8.30. The molecular weight excluding hydrogens is 572 g/mol. The van der Waals surface area contributed by atoms with Gasteiger partial charge in [0.25, 0.3) is 16.8 Å². The van der Waals surface area contributed by atoms with Crippen LogP contribution in [0.2, 0.25) is 5.02 Å². The Morgan fingerprint density at radius 3 is 2.49 bits per heavy atom. The van der Waals surface area contributed by atoms with Crippen LogP contribution >= 0.6 is 23.4 Å². The SMILES string of the molecule is Cc1ccc(S(=O)(=O)Oc2ccc(/C=C3\SC(=O)N(Cc4cc5c(cc4Cl)OCO5)C3=O)cc2)cc1[N+](=O)[O-]. The van der Waals surface area contributed by atoms with Crippen LogP contribution in [0.3, 0.4) is 0 Å². The van der Waals surface area contributed by atoms with Crippen LogP contribution in [-0.4, -0.2) is 36.2 Å². The molecule has 0 spiro atoms. The zero-order chi connectivity index (χ0) is 27.9. The Morgan fingerprint density at radius 1 is 1.10 bits per heavy atom. The number of halogens is 1. The smallest absolute Gasteiger partial charge is 0.339 e. The van der Waals surface area contributed by atoms with Crippen LogP contribution in [0.5, 0.6) is 17.2 Å². The van der Waals surface area contributed by atoms with E-state index < -0.39 is 26.2 Å². The zero-order valence-corrected chi connectivity index (χ0v) is 22.3. The highest BCUT2D eigenvalue weighted by Crippen LogP contribution is 2.39. The Kier molecular flexibility index (Phi) is 6.97. The number of amides is 2. The van der Waals surface area contributed by atoms with Crippen molar-refractivity contribution < 1.29 is 36.6 Å². The van der Waals surface area contributed by atoms with E-state index in [-0.39, 0.29) is 34.6 Å². The second-order valence-electron chi connectivity index (χ2n) is 8.38. The van der Waals surface area contributed by atoms with Gasteiger partial charge in [-0.05, 0) is 60.2 Å². The largest absolute Gasteiger partial charge is 0.454 e. The molecule has 14 heteroatoms. The van der Waals surface area contributed by atoms with Crippen molar-refractivity contribution in [2.75, 3.05) is 6.79 Å². The van der Waals surface area contributed by atoms with E-state index in [1.165, 1.54) is 49.4 Å². The number of nitro benzene ring substituents is 1. The molecule has 0 unspecified atom stereocenters. The lowest BCUT2D eigenvalue weighted by molar-refractivity contribution is -0.385. The van der Waals surface area contributed by atoms with Crippen LogP contribution in [0.1, 0.15) is 16.7 Å². The second-order valence-corrected chi connectivity index (χ2v) is 11.3. The molecule has 0 bridgehead atoms. The van der Waals surface area contributed by atoms with Gasteiger partial charge in [0.05, 0.1) is 16.4 Å². The zero-order valence-electron chi connectivity index (χ0n) is 20.0. The van der Waals surface area contributed by atoms with Crippen molar-refractivity contribution in [1.29, 1.82) is 0 Å². The molecule has 2 heterocycles. The summed E-state index contributed by atoms with van der Waals surface area (Å²) >= 11 is 7.05. The summed E-state index contributed by atoms with van der Waals surface area (Å²) in [5.74, 6) is 0.406. The van der Waals surface area contributed by atoms with Crippen LogP contribution in [-0.2, 0) is 21.5 Å². The fourth-order valence-electron chi connectivity index (χ4n) is 3.77. The molecule has 0 aromatic heterocycles. The number of benzene rings is 3. The molecule has 3 aromatic rings. The van der Waals surface area contributed by atoms with Gasteiger partial charge < -0.3 is 13.7 Å². The van der Waals surface area contributed by atoms with Gasteiger partial charge in [-0.2, -0.15) is 8.42 Å². The third kappa shape index (κ3) is 5.41. The second kappa shape index (κ2) is 10.2. The summed E-state index contributed by atoms with van der Waals surface area (Å²) in [5.41, 5.74) is 1.000. The van der Waals surface area contributed by atoms with Gasteiger partial charge in [-0.25, -0.2) is 0 Å². The summed E-state index contributed by atoms with van der Waals surface area (Å²) in [7, 11) is -4.34. The summed E-state index contributed by atoms with van der Waals surface area (Å²) in [6, 6.07) is 12.4. The van der Waals surface area contributed by atoms with Gasteiger partial charge in [0.15, 0.2) is 11.5 Å². The first kappa shape index (κ1) is 26.5. The lowest BCUT2D eigenvalue weighted by atomic mass is 10.1. The van der Waals surface area contributed by atoms with Crippen molar-refractivity contribution in [3.8, 4) is 17.2 Å². The molecule has 11 nitrogen and oxygen atoms in total. The van der Waals surface area contributed by atoms with Gasteiger partial charge in [0.1, 0.15) is 10.6 Å². The van der Waals surface area contributed by atoms with E-state index in [1.807, 2.05) is 0 Å². The Labute approximate surface area is 231 Å². The number of aryl methyl sites for hydroxylation is 1. The first-order chi connectivity index (χ1) is 18.5. The molecule has 0 saturated carbocycles. The molecule has 1 fully saturated rings. The molecule has 2 aliphatic rings. The molecule has 2 aliphatic heterocycles. The molecule has 2 amide bonds. The van der Waals surface area contributed by atoms with Crippen molar-refractivity contribution in [1.82, 2.24) is 4.90 Å². The normalized spacial score (nSPS) is 15.7. The van der Waals surface area contributed by atoms with Gasteiger partial charge in [0, 0.05) is 22.7 Å². The fourth-order valence-corrected chi connectivity index (χ4v) is 5.78. The molecule has 5 rings (SSSR count). The average molecular weight is 589 g/mol. The number of rotatable bonds is 7. The predicted octanol–water partition coefficient (Wildman–Crippen LogP) is 5.29. The van der Waals surface area contributed by atoms with Crippen molar-refractivity contribution in [2.24, 2.45) is 0 Å². The molecule has 0 aliphatic carbocycles. The third-order valence-electron chi connectivity index (χ3n) is 5.79. The van der Waals surface area contributed by atoms with Crippen LogP contribution < -0.4 is 13.7 Å². The van der Waals surface area contributed by atoms with Gasteiger partial charge in [0.2, 0.25) is 6.79 Å². The minimum atomic E-state index is -4.34. The molecular formula is C25H17ClN2O9S2. The molecule has 0 radical (unpaired) electrons. The molecule has 200 valence electrons. The molecule has 1 saturated heterocycles. The number of ether oxygens (including phenoxy) is 2. The number of imide groups is 1. The highest BCUT2D eigenvalue weighted by atomic mass is 35.5. The fraction of sp³-hybridized carbons (Fsp3) is 0.120. The quantitative estimate of drug-likeness (QED) is 0.155. The van der Waals surface area contributed by atoms with Crippen LogP contribution in [0, 0.1) is 17.0 Å². The van der Waals surface area contributed by atoms with Gasteiger partial charge >= 0.3 is 10.1 Å². The van der Waals surface area contributed by atoms with Crippen LogP contribution in [0.4, 0.5) is 10.5 Å². The number of carbonyl (C=O) groups is 2. The van der Waals surface area contributed by atoms with E-state index in [0.717, 1.165) is 22.7 Å². The van der Waals surface area contributed by atoms with Crippen molar-refractivity contribution in [3.63, 3.8) is 0 Å². The maximum Gasteiger partial charge on any atom is 0.339 e. The Hall–Kier alpha value is -4.07. The van der Waals surface area contributed by atoms with E-state index in [2.05, 4.69) is 0 Å². The van der Waals surface area contributed by atoms with Gasteiger partial charge in [-0.3, -0.25) is 24.6 Å². The van der Waals surface area contributed by atoms with E-state index in [9.17, 15) is 28.1 Å². The number of thioether (sulfide) groups is 1. The summed E-state index contributed by atoms with van der Waals surface area (Å²) in [6.45, 7) is 1.50. The topological polar surface area (TPSA) is 142 Å². The van der Waals surface area contributed by atoms with Gasteiger partial charge in [-0.1, -0.05) is 29.8 Å². The standard InChI is InChI=1S/C25H17ClN2O9S2/c1-14-2-7-18(10-20(14)28(31)32)39(33,34)37-17-5-3-15(4-6-17)8-23-24(29)27(25(30)38-23)12-16-9-21-22(11-19(16)26)36-13-35-21/h2-11H,12-13H2,1H3/b23-8-. The number of hydrogen-bond acceptors (Lipinski definition) is 10. The molecule has 39 heavy (non-hydrogen) atoms. The molecule has 0 N–H and O–H groups in total. The van der Waals surface area contributed by atoms with E-state index in [4.69, 9.17) is 25.3 Å². The Bertz CT molecular complexity index is 1670. The Morgan fingerprint density at radius 2 is 1.79 bits per heavy atom. The van der Waals surface area contributed by atoms with Crippen molar-refractivity contribution in [3.05, 3.63) is 91.3 Å². The summed E-state index contributed by atoms with van der Waals surface area (Å²) in [6.07, 6.45) is 1.49. The van der Waals surface area contributed by atoms with Crippen molar-refractivity contribution in [2.45, 2.75) is 18.4 Å². The van der Waals surface area contributed by atoms with E-state index in [1.54, 1.807) is 12.1 Å². The van der Waals surface area contributed by atoms with Crippen molar-refractivity contribution >= 4 is 56.4 Å². The van der Waals surface area contributed by atoms with Crippen LogP contribution in [0.15, 0.2) is 64.4 Å². The monoisotopic (exact) mass is 588 g/mol. The molecule has 0 atom stereocenters. The maximum absolute atomic E-state index is 12.9. The summed E-state index contributed by atoms with van der Waals surface area (Å²) in [4.78, 5) is 36.9. The van der Waals surface area contributed by atoms with Gasteiger partial charge in [-0.15, -0.1) is 0 Å². The van der Waals surface area contributed by atoms with Crippen LogP contribution in [0.25, 0.3) is 6.08 Å².